The van der Waals surface area contributed by atoms with E-state index in [4.69, 9.17) is 4.74 Å². The van der Waals surface area contributed by atoms with Gasteiger partial charge in [-0.25, -0.2) is 9.78 Å². The third-order valence-corrected chi connectivity index (χ3v) is 6.90. The molecule has 1 fully saturated rings. The van der Waals surface area contributed by atoms with E-state index in [2.05, 4.69) is 4.98 Å². The summed E-state index contributed by atoms with van der Waals surface area (Å²) < 4.78 is 6.95. The molecule has 7 nitrogen and oxygen atoms in total. The van der Waals surface area contributed by atoms with Crippen molar-refractivity contribution in [2.45, 2.75) is 31.3 Å². The molecule has 4 rings (SSSR count). The van der Waals surface area contributed by atoms with E-state index in [1.807, 2.05) is 29.3 Å². The second kappa shape index (κ2) is 9.01. The van der Waals surface area contributed by atoms with Crippen LogP contribution in [0.2, 0.25) is 0 Å². The van der Waals surface area contributed by atoms with Gasteiger partial charge in [-0.3, -0.25) is 14.0 Å². The molecule has 0 N–H and O–H groups in total. The second-order valence-electron chi connectivity index (χ2n) is 7.03. The van der Waals surface area contributed by atoms with Crippen molar-refractivity contribution >= 4 is 39.9 Å². The number of benzene rings is 1. The number of nitrogens with zero attached hydrogens (tertiary/aromatic N) is 3. The Labute approximate surface area is 181 Å². The molecule has 2 aromatic heterocycles. The molecule has 3 heterocycles. The van der Waals surface area contributed by atoms with Gasteiger partial charge in [-0.2, -0.15) is 0 Å². The van der Waals surface area contributed by atoms with Gasteiger partial charge in [-0.1, -0.05) is 12.1 Å². The maximum absolute atomic E-state index is 12.7. The van der Waals surface area contributed by atoms with Crippen molar-refractivity contribution in [3.05, 3.63) is 63.0 Å². The predicted molar refractivity (Wildman–Crippen MR) is 116 cm³/mol. The van der Waals surface area contributed by atoms with Gasteiger partial charge in [-0.15, -0.1) is 23.1 Å². The Morgan fingerprint density at radius 3 is 2.80 bits per heavy atom. The van der Waals surface area contributed by atoms with E-state index in [0.717, 1.165) is 31.6 Å². The lowest BCUT2D eigenvalue weighted by Gasteiger charge is -2.15. The molecule has 0 unspecified atom stereocenters. The van der Waals surface area contributed by atoms with Crippen LogP contribution >= 0.6 is 23.1 Å². The van der Waals surface area contributed by atoms with Crippen molar-refractivity contribution < 1.29 is 14.3 Å². The van der Waals surface area contributed by atoms with Gasteiger partial charge in [0.05, 0.1) is 17.0 Å². The number of thiazole rings is 1. The highest BCUT2D eigenvalue weighted by Crippen LogP contribution is 2.24. The summed E-state index contributed by atoms with van der Waals surface area (Å²) in [5.74, 6) is -0.127. The van der Waals surface area contributed by atoms with Crippen LogP contribution in [-0.2, 0) is 16.1 Å². The summed E-state index contributed by atoms with van der Waals surface area (Å²) in [4.78, 5) is 44.7. The second-order valence-corrected chi connectivity index (χ2v) is 8.88. The third-order valence-electron chi connectivity index (χ3n) is 4.90. The van der Waals surface area contributed by atoms with Crippen molar-refractivity contribution in [3.63, 3.8) is 0 Å². The normalized spacial score (nSPS) is 13.7. The fraction of sp³-hybridized carbons (Fsp3) is 0.333. The average molecular weight is 444 g/mol. The fourth-order valence-electron chi connectivity index (χ4n) is 3.35. The number of aromatic nitrogens is 2. The fourth-order valence-corrected chi connectivity index (χ4v) is 5.18. The van der Waals surface area contributed by atoms with E-state index in [9.17, 15) is 14.4 Å². The molecule has 3 aromatic rings. The zero-order valence-corrected chi connectivity index (χ0v) is 18.1. The number of aryl methyl sites for hydroxylation is 1. The number of carbonyl (C=O) groups is 2. The van der Waals surface area contributed by atoms with Gasteiger partial charge >= 0.3 is 5.97 Å². The number of esters is 1. The lowest BCUT2D eigenvalue weighted by atomic mass is 10.2. The Morgan fingerprint density at radius 1 is 1.23 bits per heavy atom. The first-order valence-corrected chi connectivity index (χ1v) is 11.5. The smallest absolute Gasteiger partial charge is 0.339 e. The summed E-state index contributed by atoms with van der Waals surface area (Å²) >= 11 is 2.71. The quantitative estimate of drug-likeness (QED) is 0.430. The predicted octanol–water partition coefficient (Wildman–Crippen LogP) is 3.14. The van der Waals surface area contributed by atoms with Crippen LogP contribution in [0.25, 0.3) is 4.96 Å². The topological polar surface area (TPSA) is 81.0 Å². The molecule has 9 heteroatoms. The summed E-state index contributed by atoms with van der Waals surface area (Å²) in [5.41, 5.74) is 1.44. The number of amides is 1. The van der Waals surface area contributed by atoms with Crippen LogP contribution in [0.4, 0.5) is 0 Å². The van der Waals surface area contributed by atoms with Crippen molar-refractivity contribution in [3.8, 4) is 0 Å². The van der Waals surface area contributed by atoms with Gasteiger partial charge in [0.25, 0.3) is 5.56 Å². The summed E-state index contributed by atoms with van der Waals surface area (Å²) in [5, 5.41) is 1.86. The van der Waals surface area contributed by atoms with Crippen LogP contribution in [0.5, 0.6) is 0 Å². The summed E-state index contributed by atoms with van der Waals surface area (Å²) in [7, 11) is 0. The molecule has 0 radical (unpaired) electrons. The summed E-state index contributed by atoms with van der Waals surface area (Å²) in [6.45, 7) is 3.37. The molecule has 0 bridgehead atoms. The van der Waals surface area contributed by atoms with Gasteiger partial charge in [0.15, 0.2) is 4.96 Å². The summed E-state index contributed by atoms with van der Waals surface area (Å²) in [6.07, 6.45) is 2.10. The van der Waals surface area contributed by atoms with E-state index < -0.39 is 5.97 Å². The highest BCUT2D eigenvalue weighted by atomic mass is 32.2. The highest BCUT2D eigenvalue weighted by Gasteiger charge is 2.20. The monoisotopic (exact) mass is 443 g/mol. The van der Waals surface area contributed by atoms with Gasteiger partial charge in [0.1, 0.15) is 6.61 Å². The van der Waals surface area contributed by atoms with Crippen LogP contribution in [-0.4, -0.2) is 45.0 Å². The minimum atomic E-state index is -0.504. The Hall–Kier alpha value is -2.65. The number of ether oxygens (including phenoxy) is 1. The number of carbonyl (C=O) groups excluding carboxylic acids is 2. The van der Waals surface area contributed by atoms with Crippen LogP contribution in [0, 0.1) is 6.92 Å². The number of hydrogen-bond donors (Lipinski definition) is 0. The van der Waals surface area contributed by atoms with Crippen LogP contribution < -0.4 is 5.56 Å². The molecular weight excluding hydrogens is 422 g/mol. The molecule has 1 saturated heterocycles. The van der Waals surface area contributed by atoms with Crippen molar-refractivity contribution in [1.82, 2.24) is 14.3 Å². The molecule has 1 aliphatic heterocycles. The first kappa shape index (κ1) is 20.6. The maximum Gasteiger partial charge on any atom is 0.339 e. The zero-order valence-electron chi connectivity index (χ0n) is 16.5. The van der Waals surface area contributed by atoms with E-state index in [1.165, 1.54) is 33.6 Å². The molecule has 0 spiro atoms. The van der Waals surface area contributed by atoms with Gasteiger partial charge in [0, 0.05) is 35.1 Å². The molecule has 156 valence electrons. The standard InChI is InChI=1S/C21H21N3O4S2/c1-14-12-30-21-22-15(10-18(25)24(14)21)11-28-20(27)16-6-2-3-7-17(16)29-13-19(26)23-8-4-5-9-23/h2-3,6-7,10,12H,4-5,8-9,11,13H2,1H3. The molecule has 0 aliphatic carbocycles. The van der Waals surface area contributed by atoms with Gasteiger partial charge < -0.3 is 9.64 Å². The average Bonchev–Trinajstić information content (AvgIpc) is 3.41. The maximum atomic E-state index is 12.7. The lowest BCUT2D eigenvalue weighted by molar-refractivity contribution is -0.127. The lowest BCUT2D eigenvalue weighted by Crippen LogP contribution is -2.29. The third kappa shape index (κ3) is 4.41. The minimum Gasteiger partial charge on any atom is -0.456 e. The molecule has 0 saturated carbocycles. The number of likely N-dealkylation sites (tertiary alicyclic amines) is 1. The van der Waals surface area contributed by atoms with E-state index in [1.54, 1.807) is 12.1 Å². The molecule has 1 amide bonds. The van der Waals surface area contributed by atoms with Crippen LogP contribution in [0.1, 0.15) is 34.6 Å². The van der Waals surface area contributed by atoms with E-state index >= 15 is 0 Å². The molecule has 1 aromatic carbocycles. The molecule has 30 heavy (non-hydrogen) atoms. The largest absolute Gasteiger partial charge is 0.456 e. The van der Waals surface area contributed by atoms with Crippen molar-refractivity contribution in [1.29, 1.82) is 0 Å². The number of fused-ring (bicyclic) bond motifs is 1. The molecular formula is C21H21N3O4S2. The first-order chi connectivity index (χ1) is 14.5. The van der Waals surface area contributed by atoms with E-state index in [0.29, 0.717) is 21.1 Å². The Balaban J connectivity index is 1.42. The Morgan fingerprint density at radius 2 is 2.00 bits per heavy atom. The van der Waals surface area contributed by atoms with Crippen molar-refractivity contribution in [2.75, 3.05) is 18.8 Å². The van der Waals surface area contributed by atoms with Gasteiger partial charge in [-0.05, 0) is 31.9 Å². The highest BCUT2D eigenvalue weighted by molar-refractivity contribution is 8.00. The van der Waals surface area contributed by atoms with Crippen LogP contribution in [0.3, 0.4) is 0 Å². The Kier molecular flexibility index (Phi) is 6.19. The van der Waals surface area contributed by atoms with Crippen LogP contribution in [0.15, 0.2) is 45.4 Å². The number of rotatable bonds is 6. The number of thioether (sulfide) groups is 1. The SMILES string of the molecule is Cc1csc2nc(COC(=O)c3ccccc3SCC(=O)N3CCCC3)cc(=O)n12. The summed E-state index contributed by atoms with van der Waals surface area (Å²) in [6, 6.07) is 8.46. The minimum absolute atomic E-state index is 0.0879. The molecule has 1 aliphatic rings. The Bertz CT molecular complexity index is 1150. The first-order valence-electron chi connectivity index (χ1n) is 9.66. The van der Waals surface area contributed by atoms with E-state index in [-0.39, 0.29) is 23.8 Å². The van der Waals surface area contributed by atoms with Gasteiger partial charge in [0.2, 0.25) is 5.91 Å². The molecule has 0 atom stereocenters. The number of hydrogen-bond acceptors (Lipinski definition) is 7. The zero-order chi connectivity index (χ0) is 21.1. The van der Waals surface area contributed by atoms with Crippen molar-refractivity contribution in [2.24, 2.45) is 0 Å².